The van der Waals surface area contributed by atoms with E-state index in [1.807, 2.05) is 19.1 Å². The summed E-state index contributed by atoms with van der Waals surface area (Å²) in [6, 6.07) is 9.01. The van der Waals surface area contributed by atoms with Gasteiger partial charge in [0.25, 0.3) is 0 Å². The van der Waals surface area contributed by atoms with Gasteiger partial charge in [0.1, 0.15) is 5.75 Å². The third-order valence-electron chi connectivity index (χ3n) is 2.86. The van der Waals surface area contributed by atoms with Crippen molar-refractivity contribution in [3.8, 4) is 11.6 Å². The Kier molecular flexibility index (Phi) is 4.40. The fourth-order valence-electron chi connectivity index (χ4n) is 1.75. The maximum absolute atomic E-state index is 9.53. The van der Waals surface area contributed by atoms with Gasteiger partial charge in [0.15, 0.2) is 0 Å². The quantitative estimate of drug-likeness (QED) is 0.913. The van der Waals surface area contributed by atoms with E-state index in [4.69, 9.17) is 16.3 Å². The molecule has 2 aromatic rings. The summed E-state index contributed by atoms with van der Waals surface area (Å²) in [5.41, 5.74) is 1.81. The molecule has 1 aromatic heterocycles. The topological polar surface area (TPSA) is 42.4 Å². The van der Waals surface area contributed by atoms with Crippen LogP contribution < -0.4 is 4.74 Å². The van der Waals surface area contributed by atoms with Crippen molar-refractivity contribution in [3.63, 3.8) is 0 Å². The first kappa shape index (κ1) is 13.8. The lowest BCUT2D eigenvalue weighted by Gasteiger charge is -2.09. The summed E-state index contributed by atoms with van der Waals surface area (Å²) < 4.78 is 5.69. The van der Waals surface area contributed by atoms with Crippen LogP contribution in [0.1, 0.15) is 31.1 Å². The van der Waals surface area contributed by atoms with E-state index < -0.39 is 6.10 Å². The third kappa shape index (κ3) is 3.46. The van der Waals surface area contributed by atoms with E-state index in [1.54, 1.807) is 31.3 Å². The van der Waals surface area contributed by atoms with Crippen LogP contribution in [0.25, 0.3) is 0 Å². The van der Waals surface area contributed by atoms with Gasteiger partial charge in [-0.3, -0.25) is 0 Å². The highest BCUT2D eigenvalue weighted by atomic mass is 35.5. The Labute approximate surface area is 117 Å². The molecule has 1 N–H and O–H groups in total. The molecule has 0 aliphatic rings. The molecular weight excluding hydrogens is 262 g/mol. The van der Waals surface area contributed by atoms with Gasteiger partial charge >= 0.3 is 0 Å². The number of halogens is 1. The molecule has 19 heavy (non-hydrogen) atoms. The molecule has 0 spiro atoms. The van der Waals surface area contributed by atoms with Crippen LogP contribution in [0, 0.1) is 0 Å². The van der Waals surface area contributed by atoms with Crippen LogP contribution in [0.3, 0.4) is 0 Å². The molecule has 2 rings (SSSR count). The van der Waals surface area contributed by atoms with Gasteiger partial charge in [-0.2, -0.15) is 0 Å². The van der Waals surface area contributed by atoms with Crippen LogP contribution in [0.2, 0.25) is 5.02 Å². The number of aliphatic hydroxyl groups excluding tert-OH is 1. The largest absolute Gasteiger partial charge is 0.439 e. The normalized spacial score (nSPS) is 12.2. The second-order valence-electron chi connectivity index (χ2n) is 4.31. The number of benzene rings is 1. The molecule has 0 aliphatic carbocycles. The van der Waals surface area contributed by atoms with E-state index in [1.165, 1.54) is 0 Å². The summed E-state index contributed by atoms with van der Waals surface area (Å²) in [5, 5.41) is 10.3. The van der Waals surface area contributed by atoms with Crippen molar-refractivity contribution in [2.45, 2.75) is 26.4 Å². The van der Waals surface area contributed by atoms with Gasteiger partial charge in [-0.15, -0.1) is 0 Å². The van der Waals surface area contributed by atoms with Crippen LogP contribution >= 0.6 is 11.6 Å². The summed E-state index contributed by atoms with van der Waals surface area (Å²) in [7, 11) is 0. The molecule has 1 heterocycles. The van der Waals surface area contributed by atoms with Crippen molar-refractivity contribution >= 4 is 11.6 Å². The summed E-state index contributed by atoms with van der Waals surface area (Å²) in [6.45, 7) is 3.74. The van der Waals surface area contributed by atoms with Crippen LogP contribution in [-0.4, -0.2) is 10.1 Å². The third-order valence-corrected chi connectivity index (χ3v) is 3.23. The Morgan fingerprint density at radius 1 is 1.32 bits per heavy atom. The van der Waals surface area contributed by atoms with Gasteiger partial charge in [0, 0.05) is 17.3 Å². The fraction of sp³-hybridized carbons (Fsp3) is 0.267. The summed E-state index contributed by atoms with van der Waals surface area (Å²) in [5.74, 6) is 1.15. The zero-order valence-electron chi connectivity index (χ0n) is 10.9. The van der Waals surface area contributed by atoms with Crippen molar-refractivity contribution in [2.75, 3.05) is 0 Å². The number of pyridine rings is 1. The number of hydrogen-bond acceptors (Lipinski definition) is 3. The van der Waals surface area contributed by atoms with E-state index >= 15 is 0 Å². The second-order valence-corrected chi connectivity index (χ2v) is 4.72. The summed E-state index contributed by atoms with van der Waals surface area (Å²) in [6.07, 6.45) is 1.92. The smallest absolute Gasteiger partial charge is 0.219 e. The van der Waals surface area contributed by atoms with Crippen LogP contribution in [0.5, 0.6) is 11.6 Å². The van der Waals surface area contributed by atoms with E-state index in [2.05, 4.69) is 4.98 Å². The summed E-state index contributed by atoms with van der Waals surface area (Å²) in [4.78, 5) is 4.13. The molecule has 4 heteroatoms. The standard InChI is InChI=1S/C15H16ClNO2/c1-3-11-8-13(4-5-14(11)16)19-15-9-12(10(2)18)6-7-17-15/h4-10,18H,3H2,1-2H3/t10-/m1/s1. The second kappa shape index (κ2) is 6.04. The number of aryl methyl sites for hydroxylation is 1. The van der Waals surface area contributed by atoms with Gasteiger partial charge in [-0.05, 0) is 48.7 Å². The van der Waals surface area contributed by atoms with Gasteiger partial charge in [0.05, 0.1) is 6.10 Å². The van der Waals surface area contributed by atoms with Crippen molar-refractivity contribution in [1.29, 1.82) is 0 Å². The number of aliphatic hydroxyl groups is 1. The number of hydrogen-bond donors (Lipinski definition) is 1. The van der Waals surface area contributed by atoms with E-state index in [0.717, 1.165) is 22.6 Å². The predicted molar refractivity (Wildman–Crippen MR) is 75.8 cm³/mol. The van der Waals surface area contributed by atoms with Crippen molar-refractivity contribution < 1.29 is 9.84 Å². The van der Waals surface area contributed by atoms with Crippen LogP contribution in [-0.2, 0) is 6.42 Å². The minimum absolute atomic E-state index is 0.461. The van der Waals surface area contributed by atoms with Gasteiger partial charge in [0.2, 0.25) is 5.88 Å². The molecule has 100 valence electrons. The lowest BCUT2D eigenvalue weighted by atomic mass is 10.1. The minimum Gasteiger partial charge on any atom is -0.439 e. The molecular formula is C15H16ClNO2. The van der Waals surface area contributed by atoms with Gasteiger partial charge < -0.3 is 9.84 Å². The minimum atomic E-state index is -0.540. The SMILES string of the molecule is CCc1cc(Oc2cc([C@@H](C)O)ccn2)ccc1Cl. The van der Waals surface area contributed by atoms with E-state index in [-0.39, 0.29) is 0 Å². The Balaban J connectivity index is 2.23. The maximum atomic E-state index is 9.53. The molecule has 0 unspecified atom stereocenters. The zero-order chi connectivity index (χ0) is 13.8. The first-order valence-corrected chi connectivity index (χ1v) is 6.58. The maximum Gasteiger partial charge on any atom is 0.219 e. The monoisotopic (exact) mass is 277 g/mol. The number of ether oxygens (including phenoxy) is 1. The molecule has 0 saturated heterocycles. The summed E-state index contributed by atoms with van der Waals surface area (Å²) >= 11 is 6.06. The van der Waals surface area contributed by atoms with Crippen LogP contribution in [0.15, 0.2) is 36.5 Å². The molecule has 0 radical (unpaired) electrons. The molecule has 0 fully saturated rings. The molecule has 0 bridgehead atoms. The Morgan fingerprint density at radius 2 is 2.11 bits per heavy atom. The van der Waals surface area contributed by atoms with Crippen molar-refractivity contribution in [1.82, 2.24) is 4.98 Å². The first-order valence-electron chi connectivity index (χ1n) is 6.20. The number of rotatable bonds is 4. The Bertz CT molecular complexity index is 570. The lowest BCUT2D eigenvalue weighted by molar-refractivity contribution is 0.198. The van der Waals surface area contributed by atoms with Gasteiger partial charge in [-0.1, -0.05) is 18.5 Å². The van der Waals surface area contributed by atoms with Crippen molar-refractivity contribution in [2.24, 2.45) is 0 Å². The number of nitrogens with zero attached hydrogens (tertiary/aromatic N) is 1. The van der Waals surface area contributed by atoms with Crippen molar-refractivity contribution in [3.05, 3.63) is 52.7 Å². The Morgan fingerprint density at radius 3 is 2.79 bits per heavy atom. The van der Waals surface area contributed by atoms with Crippen LogP contribution in [0.4, 0.5) is 0 Å². The Hall–Kier alpha value is -1.58. The highest BCUT2D eigenvalue weighted by Gasteiger charge is 2.06. The lowest BCUT2D eigenvalue weighted by Crippen LogP contribution is -1.94. The highest BCUT2D eigenvalue weighted by molar-refractivity contribution is 6.31. The number of aromatic nitrogens is 1. The predicted octanol–water partition coefficient (Wildman–Crippen LogP) is 4.14. The highest BCUT2D eigenvalue weighted by Crippen LogP contribution is 2.26. The van der Waals surface area contributed by atoms with Gasteiger partial charge in [-0.25, -0.2) is 4.98 Å². The molecule has 1 aromatic carbocycles. The average Bonchev–Trinajstić information content (AvgIpc) is 2.41. The van der Waals surface area contributed by atoms with E-state index in [9.17, 15) is 5.11 Å². The van der Waals surface area contributed by atoms with E-state index in [0.29, 0.717) is 11.6 Å². The zero-order valence-corrected chi connectivity index (χ0v) is 11.7. The molecule has 3 nitrogen and oxygen atoms in total. The molecule has 0 saturated carbocycles. The molecule has 0 aliphatic heterocycles. The fourth-order valence-corrected chi connectivity index (χ4v) is 2.00. The molecule has 1 atom stereocenters. The molecule has 0 amide bonds. The average molecular weight is 278 g/mol. The first-order chi connectivity index (χ1) is 9.10.